The zero-order valence-electron chi connectivity index (χ0n) is 12.9. The second kappa shape index (κ2) is 7.47. The summed E-state index contributed by atoms with van der Waals surface area (Å²) in [5, 5.41) is 3.72. The summed E-state index contributed by atoms with van der Waals surface area (Å²) in [6.45, 7) is 2.26. The predicted molar refractivity (Wildman–Crippen MR) is 92.5 cm³/mol. The first kappa shape index (κ1) is 15.8. The van der Waals surface area contributed by atoms with Crippen LogP contribution in [0.25, 0.3) is 0 Å². The molecule has 1 fully saturated rings. The highest BCUT2D eigenvalue weighted by atomic mass is 35.5. The first-order valence-electron chi connectivity index (χ1n) is 7.89. The van der Waals surface area contributed by atoms with Gasteiger partial charge in [-0.2, -0.15) is 0 Å². The van der Waals surface area contributed by atoms with Crippen molar-refractivity contribution >= 4 is 23.2 Å². The van der Waals surface area contributed by atoms with Gasteiger partial charge in [-0.05, 0) is 42.7 Å². The minimum absolute atomic E-state index is 0.0242. The molecule has 23 heavy (non-hydrogen) atoms. The van der Waals surface area contributed by atoms with E-state index in [1.54, 1.807) is 12.4 Å². The van der Waals surface area contributed by atoms with Gasteiger partial charge in [-0.25, -0.2) is 0 Å². The van der Waals surface area contributed by atoms with Crippen LogP contribution in [-0.4, -0.2) is 24.0 Å². The Hall–Kier alpha value is -2.07. The van der Waals surface area contributed by atoms with E-state index in [0.29, 0.717) is 11.6 Å². The lowest BCUT2D eigenvalue weighted by atomic mass is 9.96. The molecule has 1 aromatic heterocycles. The number of carbonyl (C=O) groups excluding carboxylic acids is 1. The van der Waals surface area contributed by atoms with Crippen LogP contribution in [0.1, 0.15) is 18.4 Å². The maximum atomic E-state index is 12.5. The molecule has 4 nitrogen and oxygen atoms in total. The van der Waals surface area contributed by atoms with E-state index < -0.39 is 0 Å². The zero-order chi connectivity index (χ0) is 16.1. The fraction of sp³-hybridized carbons (Fsp3) is 0.333. The summed E-state index contributed by atoms with van der Waals surface area (Å²) in [5.41, 5.74) is 2.15. The van der Waals surface area contributed by atoms with Gasteiger partial charge in [-0.3, -0.25) is 9.78 Å². The third-order valence-electron chi connectivity index (χ3n) is 4.18. The van der Waals surface area contributed by atoms with Crippen molar-refractivity contribution in [1.82, 2.24) is 10.3 Å². The van der Waals surface area contributed by atoms with Gasteiger partial charge in [0.05, 0.1) is 5.92 Å². The number of carbonyl (C=O) groups is 1. The summed E-state index contributed by atoms with van der Waals surface area (Å²) < 4.78 is 0. The molecule has 0 saturated carbocycles. The van der Waals surface area contributed by atoms with E-state index in [4.69, 9.17) is 11.6 Å². The summed E-state index contributed by atoms with van der Waals surface area (Å²) in [4.78, 5) is 18.8. The second-order valence-electron chi connectivity index (χ2n) is 5.84. The summed E-state index contributed by atoms with van der Waals surface area (Å²) >= 11 is 5.97. The maximum absolute atomic E-state index is 12.5. The molecule has 0 spiro atoms. The van der Waals surface area contributed by atoms with E-state index in [9.17, 15) is 4.79 Å². The number of piperidine rings is 1. The lowest BCUT2D eigenvalue weighted by Gasteiger charge is -2.33. The molecule has 2 aromatic rings. The van der Waals surface area contributed by atoms with Crippen molar-refractivity contribution in [2.75, 3.05) is 18.0 Å². The molecule has 1 saturated heterocycles. The molecule has 0 aliphatic carbocycles. The molecule has 5 heteroatoms. The number of halogens is 1. The van der Waals surface area contributed by atoms with Gasteiger partial charge in [0.25, 0.3) is 0 Å². The summed E-state index contributed by atoms with van der Waals surface area (Å²) in [6.07, 6.45) is 5.54. The number of anilines is 1. The molecule has 0 bridgehead atoms. The Labute approximate surface area is 141 Å². The van der Waals surface area contributed by atoms with Gasteiger partial charge >= 0.3 is 0 Å². The van der Waals surface area contributed by atoms with Gasteiger partial charge in [-0.1, -0.05) is 23.7 Å². The van der Waals surface area contributed by atoms with E-state index >= 15 is 0 Å². The monoisotopic (exact) mass is 329 g/mol. The SMILES string of the molecule is O=C(NCc1cccc(Cl)c1)C1CCCN(c2ccncc2)C1. The molecule has 0 radical (unpaired) electrons. The lowest BCUT2D eigenvalue weighted by Crippen LogP contribution is -2.43. The van der Waals surface area contributed by atoms with Crippen molar-refractivity contribution in [2.24, 2.45) is 5.92 Å². The Bertz CT molecular complexity index is 662. The van der Waals surface area contributed by atoms with Crippen LogP contribution in [0.15, 0.2) is 48.8 Å². The Morgan fingerprint density at radius 3 is 2.91 bits per heavy atom. The minimum atomic E-state index is 0.0242. The Balaban J connectivity index is 1.57. The summed E-state index contributed by atoms with van der Waals surface area (Å²) in [5.74, 6) is 0.139. The topological polar surface area (TPSA) is 45.2 Å². The second-order valence-corrected chi connectivity index (χ2v) is 6.27. The van der Waals surface area contributed by atoms with Crippen molar-refractivity contribution in [3.8, 4) is 0 Å². The smallest absolute Gasteiger partial charge is 0.225 e. The van der Waals surface area contributed by atoms with Crippen molar-refractivity contribution in [3.05, 3.63) is 59.4 Å². The number of rotatable bonds is 4. The predicted octanol–water partition coefficient (Wildman–Crippen LogP) is 3.27. The average Bonchev–Trinajstić information content (AvgIpc) is 2.61. The van der Waals surface area contributed by atoms with E-state index in [0.717, 1.165) is 37.2 Å². The highest BCUT2D eigenvalue weighted by molar-refractivity contribution is 6.30. The fourth-order valence-corrected chi connectivity index (χ4v) is 3.17. The molecule has 1 unspecified atom stereocenters. The van der Waals surface area contributed by atoms with Gasteiger partial charge < -0.3 is 10.2 Å². The largest absolute Gasteiger partial charge is 0.371 e. The molecular formula is C18H20ClN3O. The maximum Gasteiger partial charge on any atom is 0.225 e. The molecule has 2 heterocycles. The number of hydrogen-bond acceptors (Lipinski definition) is 3. The highest BCUT2D eigenvalue weighted by Crippen LogP contribution is 2.22. The van der Waals surface area contributed by atoms with Gasteiger partial charge in [-0.15, -0.1) is 0 Å². The molecule has 1 atom stereocenters. The average molecular weight is 330 g/mol. The number of nitrogens with zero attached hydrogens (tertiary/aromatic N) is 2. The van der Waals surface area contributed by atoms with Crippen molar-refractivity contribution in [2.45, 2.75) is 19.4 Å². The number of pyridine rings is 1. The van der Waals surface area contributed by atoms with Crippen LogP contribution in [0.3, 0.4) is 0 Å². The third kappa shape index (κ3) is 4.23. The normalized spacial score (nSPS) is 17.8. The van der Waals surface area contributed by atoms with E-state index in [1.807, 2.05) is 36.4 Å². The molecular weight excluding hydrogens is 310 g/mol. The standard InChI is InChI=1S/C18H20ClN3O/c19-16-5-1-3-14(11-16)12-21-18(23)15-4-2-10-22(13-15)17-6-8-20-9-7-17/h1,3,5-9,11,15H,2,4,10,12-13H2,(H,21,23). The zero-order valence-corrected chi connectivity index (χ0v) is 13.7. The third-order valence-corrected chi connectivity index (χ3v) is 4.41. The van der Waals surface area contributed by atoms with Gasteiger partial charge in [0.2, 0.25) is 5.91 Å². The Morgan fingerprint density at radius 2 is 2.13 bits per heavy atom. The Morgan fingerprint density at radius 1 is 1.30 bits per heavy atom. The van der Waals surface area contributed by atoms with Gasteiger partial charge in [0, 0.05) is 42.7 Å². The molecule has 1 amide bonds. The van der Waals surface area contributed by atoms with Crippen LogP contribution in [-0.2, 0) is 11.3 Å². The molecule has 1 aliphatic heterocycles. The molecule has 1 aliphatic rings. The van der Waals surface area contributed by atoms with Crippen LogP contribution in [0.4, 0.5) is 5.69 Å². The number of benzene rings is 1. The van der Waals surface area contributed by atoms with Crippen molar-refractivity contribution < 1.29 is 4.79 Å². The Kier molecular flexibility index (Phi) is 5.13. The number of hydrogen-bond donors (Lipinski definition) is 1. The van der Waals surface area contributed by atoms with Gasteiger partial charge in [0.1, 0.15) is 0 Å². The quantitative estimate of drug-likeness (QED) is 0.936. The number of aromatic nitrogens is 1. The van der Waals surface area contributed by atoms with E-state index in [1.165, 1.54) is 0 Å². The molecule has 3 rings (SSSR count). The summed E-state index contributed by atoms with van der Waals surface area (Å²) in [6, 6.07) is 11.6. The van der Waals surface area contributed by atoms with Crippen molar-refractivity contribution in [1.29, 1.82) is 0 Å². The van der Waals surface area contributed by atoms with Crippen LogP contribution < -0.4 is 10.2 Å². The van der Waals surface area contributed by atoms with E-state index in [-0.39, 0.29) is 11.8 Å². The summed E-state index contributed by atoms with van der Waals surface area (Å²) in [7, 11) is 0. The first-order valence-corrected chi connectivity index (χ1v) is 8.27. The van der Waals surface area contributed by atoms with Crippen LogP contribution >= 0.6 is 11.6 Å². The molecule has 1 aromatic carbocycles. The number of nitrogens with one attached hydrogen (secondary N) is 1. The number of amides is 1. The van der Waals surface area contributed by atoms with E-state index in [2.05, 4.69) is 15.2 Å². The van der Waals surface area contributed by atoms with Crippen LogP contribution in [0, 0.1) is 5.92 Å². The van der Waals surface area contributed by atoms with Crippen LogP contribution in [0.5, 0.6) is 0 Å². The van der Waals surface area contributed by atoms with Gasteiger partial charge in [0.15, 0.2) is 0 Å². The fourth-order valence-electron chi connectivity index (χ4n) is 2.96. The lowest BCUT2D eigenvalue weighted by molar-refractivity contribution is -0.125. The first-order chi connectivity index (χ1) is 11.2. The highest BCUT2D eigenvalue weighted by Gasteiger charge is 2.25. The molecule has 120 valence electrons. The molecule has 1 N–H and O–H groups in total. The minimum Gasteiger partial charge on any atom is -0.371 e. The van der Waals surface area contributed by atoms with Crippen molar-refractivity contribution in [3.63, 3.8) is 0 Å². The van der Waals surface area contributed by atoms with Crippen LogP contribution in [0.2, 0.25) is 5.02 Å².